The van der Waals surface area contributed by atoms with E-state index in [-0.39, 0.29) is 0 Å². The van der Waals surface area contributed by atoms with Crippen molar-refractivity contribution in [1.82, 2.24) is 0 Å². The fraction of sp³-hybridized carbons (Fsp3) is 0.462. The van der Waals surface area contributed by atoms with E-state index in [0.29, 0.717) is 5.69 Å². The zero-order valence-electron chi connectivity index (χ0n) is 11.0. The molecule has 0 aliphatic rings. The van der Waals surface area contributed by atoms with Gasteiger partial charge in [0.05, 0.1) is 0 Å². The van der Waals surface area contributed by atoms with Gasteiger partial charge in [0.15, 0.2) is 0 Å². The highest BCUT2D eigenvalue weighted by atomic mass is 16.3. The summed E-state index contributed by atoms with van der Waals surface area (Å²) in [6.07, 6.45) is 0. The van der Waals surface area contributed by atoms with Crippen LogP contribution in [0.25, 0.3) is 0 Å². The van der Waals surface area contributed by atoms with E-state index in [0.717, 1.165) is 11.3 Å². The van der Waals surface area contributed by atoms with Crippen LogP contribution in [0.5, 0.6) is 0 Å². The maximum atomic E-state index is 11.6. The van der Waals surface area contributed by atoms with Crippen LogP contribution in [0.4, 0.5) is 11.4 Å². The van der Waals surface area contributed by atoms with Crippen LogP contribution in [0.1, 0.15) is 19.4 Å². The first-order chi connectivity index (χ1) is 7.71. The van der Waals surface area contributed by atoms with Crippen molar-refractivity contribution in [3.63, 3.8) is 0 Å². The highest BCUT2D eigenvalue weighted by molar-refractivity contribution is 5.96. The number of hydrogen-bond acceptors (Lipinski definition) is 3. The SMILES string of the molecule is Cc1ccc(NC(=O)C(C)(C)O)cc1N(C)C. The Morgan fingerprint density at radius 1 is 1.35 bits per heavy atom. The summed E-state index contributed by atoms with van der Waals surface area (Å²) in [4.78, 5) is 13.6. The van der Waals surface area contributed by atoms with E-state index < -0.39 is 11.5 Å². The second kappa shape index (κ2) is 4.75. The van der Waals surface area contributed by atoms with Gasteiger partial charge in [-0.15, -0.1) is 0 Å². The van der Waals surface area contributed by atoms with Gasteiger partial charge in [-0.05, 0) is 38.5 Å². The van der Waals surface area contributed by atoms with Crippen LogP contribution in [-0.2, 0) is 4.79 Å². The first kappa shape index (κ1) is 13.5. The zero-order chi connectivity index (χ0) is 13.2. The summed E-state index contributed by atoms with van der Waals surface area (Å²) in [5.74, 6) is -0.411. The minimum atomic E-state index is -1.37. The third-order valence-electron chi connectivity index (χ3n) is 2.50. The van der Waals surface area contributed by atoms with Gasteiger partial charge in [0, 0.05) is 25.5 Å². The first-order valence-electron chi connectivity index (χ1n) is 5.53. The molecular weight excluding hydrogens is 216 g/mol. The predicted molar refractivity (Wildman–Crippen MR) is 70.4 cm³/mol. The molecule has 0 atom stereocenters. The third-order valence-corrected chi connectivity index (χ3v) is 2.50. The number of hydrogen-bond donors (Lipinski definition) is 2. The van der Waals surface area contributed by atoms with E-state index in [9.17, 15) is 9.90 Å². The molecule has 0 saturated heterocycles. The molecule has 1 rings (SSSR count). The number of aryl methyl sites for hydroxylation is 1. The Hall–Kier alpha value is -1.55. The number of anilines is 2. The monoisotopic (exact) mass is 236 g/mol. The smallest absolute Gasteiger partial charge is 0.255 e. The average Bonchev–Trinajstić information content (AvgIpc) is 2.19. The fourth-order valence-corrected chi connectivity index (χ4v) is 1.45. The molecule has 94 valence electrons. The minimum absolute atomic E-state index is 0.411. The summed E-state index contributed by atoms with van der Waals surface area (Å²) in [5, 5.41) is 12.2. The molecule has 4 heteroatoms. The van der Waals surface area contributed by atoms with Crippen molar-refractivity contribution < 1.29 is 9.90 Å². The Morgan fingerprint density at radius 2 is 1.94 bits per heavy atom. The van der Waals surface area contributed by atoms with Gasteiger partial charge < -0.3 is 15.3 Å². The lowest BCUT2D eigenvalue weighted by molar-refractivity contribution is -0.130. The van der Waals surface area contributed by atoms with Crippen LogP contribution in [0.3, 0.4) is 0 Å². The average molecular weight is 236 g/mol. The number of aliphatic hydroxyl groups is 1. The summed E-state index contributed by atoms with van der Waals surface area (Å²) in [5.41, 5.74) is 1.49. The van der Waals surface area contributed by atoms with Gasteiger partial charge in [0.25, 0.3) is 5.91 Å². The normalized spacial score (nSPS) is 11.2. The van der Waals surface area contributed by atoms with Crippen LogP contribution in [0.15, 0.2) is 18.2 Å². The Balaban J connectivity index is 2.94. The molecule has 0 aliphatic heterocycles. The molecule has 0 unspecified atom stereocenters. The van der Waals surface area contributed by atoms with Crippen molar-refractivity contribution in [2.75, 3.05) is 24.3 Å². The molecule has 0 spiro atoms. The lowest BCUT2D eigenvalue weighted by Crippen LogP contribution is -2.36. The van der Waals surface area contributed by atoms with E-state index in [4.69, 9.17) is 0 Å². The number of rotatable bonds is 3. The fourth-order valence-electron chi connectivity index (χ4n) is 1.45. The Labute approximate surface area is 102 Å². The van der Waals surface area contributed by atoms with E-state index in [1.807, 2.05) is 44.1 Å². The van der Waals surface area contributed by atoms with Crippen molar-refractivity contribution in [2.45, 2.75) is 26.4 Å². The number of carbonyl (C=O) groups is 1. The molecule has 2 N–H and O–H groups in total. The molecule has 0 aliphatic carbocycles. The quantitative estimate of drug-likeness (QED) is 0.841. The van der Waals surface area contributed by atoms with E-state index in [2.05, 4.69) is 5.32 Å². The highest BCUT2D eigenvalue weighted by Gasteiger charge is 2.23. The third kappa shape index (κ3) is 3.46. The lowest BCUT2D eigenvalue weighted by atomic mass is 10.1. The molecular formula is C13H20N2O2. The molecule has 17 heavy (non-hydrogen) atoms. The maximum Gasteiger partial charge on any atom is 0.255 e. The van der Waals surface area contributed by atoms with Gasteiger partial charge in [-0.3, -0.25) is 4.79 Å². The van der Waals surface area contributed by atoms with Gasteiger partial charge in [-0.25, -0.2) is 0 Å². The Kier molecular flexibility index (Phi) is 3.78. The molecule has 4 nitrogen and oxygen atoms in total. The van der Waals surface area contributed by atoms with E-state index in [1.54, 1.807) is 0 Å². The van der Waals surface area contributed by atoms with E-state index in [1.165, 1.54) is 13.8 Å². The largest absolute Gasteiger partial charge is 0.381 e. The molecule has 0 aromatic heterocycles. The van der Waals surface area contributed by atoms with Crippen molar-refractivity contribution >= 4 is 17.3 Å². The van der Waals surface area contributed by atoms with Gasteiger partial charge in [0.1, 0.15) is 5.60 Å². The summed E-state index contributed by atoms with van der Waals surface area (Å²) in [6, 6.07) is 5.65. The summed E-state index contributed by atoms with van der Waals surface area (Å²) < 4.78 is 0. The zero-order valence-corrected chi connectivity index (χ0v) is 11.0. The van der Waals surface area contributed by atoms with Crippen LogP contribution in [0, 0.1) is 6.92 Å². The van der Waals surface area contributed by atoms with Gasteiger partial charge in [-0.1, -0.05) is 6.07 Å². The second-order valence-electron chi connectivity index (χ2n) is 4.91. The topological polar surface area (TPSA) is 52.6 Å². The molecule has 1 aromatic carbocycles. The number of nitrogens with one attached hydrogen (secondary N) is 1. The van der Waals surface area contributed by atoms with E-state index >= 15 is 0 Å². The molecule has 1 aromatic rings. The van der Waals surface area contributed by atoms with Gasteiger partial charge >= 0.3 is 0 Å². The summed E-state index contributed by atoms with van der Waals surface area (Å²) in [6.45, 7) is 4.93. The molecule has 0 heterocycles. The van der Waals surface area contributed by atoms with Crippen LogP contribution < -0.4 is 10.2 Å². The van der Waals surface area contributed by atoms with Crippen molar-refractivity contribution in [3.8, 4) is 0 Å². The molecule has 0 fully saturated rings. The highest BCUT2D eigenvalue weighted by Crippen LogP contribution is 2.23. The predicted octanol–water partition coefficient (Wildman–Crippen LogP) is 1.77. The van der Waals surface area contributed by atoms with Gasteiger partial charge in [-0.2, -0.15) is 0 Å². The molecule has 0 saturated carbocycles. The lowest BCUT2D eigenvalue weighted by Gasteiger charge is -2.19. The number of nitrogens with zero attached hydrogens (tertiary/aromatic N) is 1. The first-order valence-corrected chi connectivity index (χ1v) is 5.53. The minimum Gasteiger partial charge on any atom is -0.381 e. The standard InChI is InChI=1S/C13H20N2O2/c1-9-6-7-10(8-11(9)15(4)5)14-12(16)13(2,3)17/h6-8,17H,1-5H3,(H,14,16). The van der Waals surface area contributed by atoms with Crippen LogP contribution >= 0.6 is 0 Å². The summed E-state index contributed by atoms with van der Waals surface area (Å²) >= 11 is 0. The second-order valence-corrected chi connectivity index (χ2v) is 4.91. The molecule has 0 radical (unpaired) electrons. The summed E-state index contributed by atoms with van der Waals surface area (Å²) in [7, 11) is 3.90. The van der Waals surface area contributed by atoms with Crippen molar-refractivity contribution in [3.05, 3.63) is 23.8 Å². The number of benzene rings is 1. The molecule has 1 amide bonds. The maximum absolute atomic E-state index is 11.6. The Bertz CT molecular complexity index is 420. The van der Waals surface area contributed by atoms with Crippen molar-refractivity contribution in [1.29, 1.82) is 0 Å². The van der Waals surface area contributed by atoms with Crippen LogP contribution in [-0.4, -0.2) is 30.7 Å². The number of amides is 1. The molecule has 0 bridgehead atoms. The number of carbonyl (C=O) groups excluding carboxylic acids is 1. The van der Waals surface area contributed by atoms with Gasteiger partial charge in [0.2, 0.25) is 0 Å². The Morgan fingerprint density at radius 3 is 2.41 bits per heavy atom. The van der Waals surface area contributed by atoms with Crippen LogP contribution in [0.2, 0.25) is 0 Å². The van der Waals surface area contributed by atoms with Crippen molar-refractivity contribution in [2.24, 2.45) is 0 Å².